The highest BCUT2D eigenvalue weighted by Gasteiger charge is 2.31. The molecule has 0 heterocycles. The van der Waals surface area contributed by atoms with Gasteiger partial charge in [0, 0.05) is 6.54 Å². The molecule has 0 saturated carbocycles. The smallest absolute Gasteiger partial charge is 0.326 e. The van der Waals surface area contributed by atoms with Crippen LogP contribution >= 0.6 is 11.8 Å². The maximum Gasteiger partial charge on any atom is 0.326 e. The first-order chi connectivity index (χ1) is 16.3. The third-order valence-corrected chi connectivity index (χ3v) is 5.43. The van der Waals surface area contributed by atoms with Crippen molar-refractivity contribution in [3.05, 3.63) is 0 Å². The molecule has 0 aromatic heterocycles. The molecule has 0 spiro atoms. The fourth-order valence-corrected chi connectivity index (χ4v) is 3.35. The molecular weight excluding hydrogens is 482 g/mol. The number of carboxylic acids is 2. The van der Waals surface area contributed by atoms with Crippen LogP contribution in [0.5, 0.6) is 0 Å². The summed E-state index contributed by atoms with van der Waals surface area (Å²) in [6.07, 6.45) is 1.70. The zero-order chi connectivity index (χ0) is 27.1. The molecule has 0 aliphatic heterocycles. The zero-order valence-corrected chi connectivity index (χ0v) is 21.0. The molecule has 0 bridgehead atoms. The van der Waals surface area contributed by atoms with Gasteiger partial charge in [-0.1, -0.05) is 13.8 Å². The Morgan fingerprint density at radius 2 is 1.51 bits per heavy atom. The van der Waals surface area contributed by atoms with Crippen molar-refractivity contribution < 1.29 is 34.2 Å². The van der Waals surface area contributed by atoms with Gasteiger partial charge in [-0.05, 0) is 37.2 Å². The van der Waals surface area contributed by atoms with E-state index in [9.17, 15) is 29.1 Å². The number of nitrogens with zero attached hydrogens (tertiary/aromatic N) is 1. The zero-order valence-electron chi connectivity index (χ0n) is 20.2. The summed E-state index contributed by atoms with van der Waals surface area (Å²) in [6.45, 7) is 3.49. The van der Waals surface area contributed by atoms with Crippen molar-refractivity contribution in [1.82, 2.24) is 16.0 Å². The largest absolute Gasteiger partial charge is 0.481 e. The van der Waals surface area contributed by atoms with Gasteiger partial charge >= 0.3 is 11.9 Å². The van der Waals surface area contributed by atoms with Gasteiger partial charge in [0.05, 0.1) is 12.5 Å². The van der Waals surface area contributed by atoms with E-state index in [0.717, 1.165) is 0 Å². The Bertz CT molecular complexity index is 775. The average molecular weight is 520 g/mol. The van der Waals surface area contributed by atoms with Crippen LogP contribution < -0.4 is 33.2 Å². The lowest BCUT2D eigenvalue weighted by atomic mass is 10.0. The van der Waals surface area contributed by atoms with Crippen molar-refractivity contribution in [1.29, 1.82) is 0 Å². The predicted octanol–water partition coefficient (Wildman–Crippen LogP) is -2.21. The highest BCUT2D eigenvalue weighted by molar-refractivity contribution is 7.98. The van der Waals surface area contributed by atoms with Crippen LogP contribution in [0, 0.1) is 5.92 Å². The predicted molar refractivity (Wildman–Crippen MR) is 131 cm³/mol. The molecule has 200 valence electrons. The molecule has 0 saturated heterocycles. The highest BCUT2D eigenvalue weighted by Crippen LogP contribution is 2.08. The topological polar surface area (TPSA) is 252 Å². The monoisotopic (exact) mass is 519 g/mol. The second-order valence-electron chi connectivity index (χ2n) is 8.13. The van der Waals surface area contributed by atoms with Gasteiger partial charge in [-0.15, -0.1) is 0 Å². The first-order valence-corrected chi connectivity index (χ1v) is 12.3. The van der Waals surface area contributed by atoms with Gasteiger partial charge in [-0.25, -0.2) is 4.79 Å². The first kappa shape index (κ1) is 31.9. The summed E-state index contributed by atoms with van der Waals surface area (Å²) in [4.78, 5) is 64.2. The number of nitrogens with one attached hydrogen (secondary N) is 3. The Hall–Kier alpha value is -3.07. The van der Waals surface area contributed by atoms with Crippen LogP contribution in [0.4, 0.5) is 0 Å². The molecule has 0 radical (unpaired) electrons. The lowest BCUT2D eigenvalue weighted by Gasteiger charge is -2.27. The van der Waals surface area contributed by atoms with Crippen LogP contribution in [0.2, 0.25) is 0 Å². The van der Waals surface area contributed by atoms with Crippen LogP contribution in [-0.2, 0) is 24.0 Å². The molecular formula is C20H37N7O7S. The van der Waals surface area contributed by atoms with E-state index in [2.05, 4.69) is 20.9 Å². The van der Waals surface area contributed by atoms with Crippen molar-refractivity contribution in [2.45, 2.75) is 63.7 Å². The molecule has 4 unspecified atom stereocenters. The van der Waals surface area contributed by atoms with Gasteiger partial charge in [-0.2, -0.15) is 11.8 Å². The summed E-state index contributed by atoms with van der Waals surface area (Å²) in [5.41, 5.74) is 16.1. The van der Waals surface area contributed by atoms with Crippen molar-refractivity contribution in [2.24, 2.45) is 28.1 Å². The van der Waals surface area contributed by atoms with E-state index in [1.807, 2.05) is 6.26 Å². The minimum Gasteiger partial charge on any atom is -0.481 e. The fourth-order valence-electron chi connectivity index (χ4n) is 2.88. The van der Waals surface area contributed by atoms with Crippen LogP contribution in [0.25, 0.3) is 0 Å². The van der Waals surface area contributed by atoms with Gasteiger partial charge in [0.15, 0.2) is 5.96 Å². The molecule has 11 N–H and O–H groups in total. The Morgan fingerprint density at radius 1 is 0.914 bits per heavy atom. The maximum absolute atomic E-state index is 13.0. The summed E-state index contributed by atoms with van der Waals surface area (Å²) in [5, 5.41) is 25.6. The third-order valence-electron chi connectivity index (χ3n) is 4.78. The van der Waals surface area contributed by atoms with Crippen LogP contribution in [0.15, 0.2) is 4.99 Å². The lowest BCUT2D eigenvalue weighted by Crippen LogP contribution is -2.58. The van der Waals surface area contributed by atoms with Gasteiger partial charge in [0.1, 0.15) is 18.1 Å². The van der Waals surface area contributed by atoms with E-state index in [-0.39, 0.29) is 31.8 Å². The van der Waals surface area contributed by atoms with E-state index in [4.69, 9.17) is 22.3 Å². The van der Waals surface area contributed by atoms with E-state index >= 15 is 0 Å². The number of amides is 3. The van der Waals surface area contributed by atoms with Crippen molar-refractivity contribution >= 4 is 47.4 Å². The number of carboxylic acid groups (broad SMARTS) is 2. The SMILES string of the molecule is CSCCC(NC(=O)C(NC(=O)C(CCCN=C(N)N)NC(=O)C(N)CC(=O)O)C(C)C)C(=O)O. The highest BCUT2D eigenvalue weighted by atomic mass is 32.2. The Balaban J connectivity index is 5.51. The summed E-state index contributed by atoms with van der Waals surface area (Å²) in [7, 11) is 0. The molecule has 0 aliphatic carbocycles. The Labute approximate surface area is 208 Å². The molecule has 0 rings (SSSR count). The first-order valence-electron chi connectivity index (χ1n) is 11.0. The number of carbonyl (C=O) groups is 5. The maximum atomic E-state index is 13.0. The fraction of sp³-hybridized carbons (Fsp3) is 0.700. The van der Waals surface area contributed by atoms with E-state index in [1.54, 1.807) is 13.8 Å². The summed E-state index contributed by atoms with van der Waals surface area (Å²) in [6, 6.07) is -4.78. The molecule has 0 fully saturated rings. The minimum atomic E-state index is -1.39. The molecule has 35 heavy (non-hydrogen) atoms. The van der Waals surface area contributed by atoms with Crippen molar-refractivity contribution in [3.63, 3.8) is 0 Å². The number of aliphatic imine (C=N–C) groups is 1. The number of hydrogen-bond donors (Lipinski definition) is 8. The molecule has 0 aromatic carbocycles. The van der Waals surface area contributed by atoms with Crippen LogP contribution in [0.3, 0.4) is 0 Å². The van der Waals surface area contributed by atoms with Gasteiger partial charge in [0.2, 0.25) is 17.7 Å². The number of rotatable bonds is 17. The van der Waals surface area contributed by atoms with E-state index in [0.29, 0.717) is 5.75 Å². The van der Waals surface area contributed by atoms with Crippen LogP contribution in [0.1, 0.15) is 39.5 Å². The number of nitrogens with two attached hydrogens (primary N) is 3. The van der Waals surface area contributed by atoms with Gasteiger partial charge < -0.3 is 43.4 Å². The lowest BCUT2D eigenvalue weighted by molar-refractivity contribution is -0.142. The van der Waals surface area contributed by atoms with E-state index < -0.39 is 66.2 Å². The number of guanidine groups is 1. The Kier molecular flexibility index (Phi) is 15.1. The average Bonchev–Trinajstić information content (AvgIpc) is 2.75. The molecule has 15 heteroatoms. The molecule has 14 nitrogen and oxygen atoms in total. The molecule has 4 atom stereocenters. The van der Waals surface area contributed by atoms with Crippen LogP contribution in [-0.4, -0.2) is 88.6 Å². The quantitative estimate of drug-likeness (QED) is 0.0580. The molecule has 0 aliphatic rings. The molecule has 3 amide bonds. The summed E-state index contributed by atoms with van der Waals surface area (Å²) < 4.78 is 0. The molecule has 0 aromatic rings. The van der Waals surface area contributed by atoms with Gasteiger partial charge in [0.25, 0.3) is 0 Å². The minimum absolute atomic E-state index is 0.0616. The standard InChI is InChI=1S/C20H37N7O7S/c1-10(2)15(18(32)26-13(19(33)34)6-8-35-3)27-17(31)12(5-4-7-24-20(22)23)25-16(30)11(21)9-14(28)29/h10-13,15H,4-9,21H2,1-3H3,(H,25,30)(H,26,32)(H,27,31)(H,28,29)(H,33,34)(H4,22,23,24). The second kappa shape index (κ2) is 16.5. The van der Waals surface area contributed by atoms with E-state index in [1.165, 1.54) is 11.8 Å². The number of hydrogen-bond acceptors (Lipinski definition) is 8. The number of carbonyl (C=O) groups excluding carboxylic acids is 3. The Morgan fingerprint density at radius 3 is 2.00 bits per heavy atom. The summed E-state index contributed by atoms with van der Waals surface area (Å²) >= 11 is 1.43. The van der Waals surface area contributed by atoms with Gasteiger partial charge in [-0.3, -0.25) is 24.2 Å². The summed E-state index contributed by atoms with van der Waals surface area (Å²) in [5.74, 6) is -4.80. The number of aliphatic carboxylic acids is 2. The third kappa shape index (κ3) is 13.4. The number of thioether (sulfide) groups is 1. The van der Waals surface area contributed by atoms with Crippen molar-refractivity contribution in [3.8, 4) is 0 Å². The van der Waals surface area contributed by atoms with Crippen molar-refractivity contribution in [2.75, 3.05) is 18.6 Å². The normalized spacial score (nSPS) is 14.2. The second-order valence-corrected chi connectivity index (χ2v) is 9.11.